The Labute approximate surface area is 56.8 Å². The molecule has 0 radical (unpaired) electrons. The van der Waals surface area contributed by atoms with Crippen molar-refractivity contribution in [1.29, 1.82) is 0 Å². The van der Waals surface area contributed by atoms with Gasteiger partial charge in [0.05, 0.1) is 0 Å². The molecule has 0 aromatic carbocycles. The molecule has 0 aromatic heterocycles. The van der Waals surface area contributed by atoms with Crippen LogP contribution in [0.4, 0.5) is 0 Å². The molecule has 1 aliphatic rings. The molecule has 0 amide bonds. The summed E-state index contributed by atoms with van der Waals surface area (Å²) >= 11 is 0. The molecule has 0 aliphatic heterocycles. The van der Waals surface area contributed by atoms with Crippen LogP contribution in [0.1, 0.15) is 26.2 Å². The van der Waals surface area contributed by atoms with Crippen molar-refractivity contribution < 1.29 is 0 Å². The van der Waals surface area contributed by atoms with Gasteiger partial charge in [-0.2, -0.15) is 0 Å². The number of nitrogens with one attached hydrogen (secondary N) is 1. The first kappa shape index (κ1) is 7.03. The smallest absolute Gasteiger partial charge is 0.0154 e. The van der Waals surface area contributed by atoms with Crippen LogP contribution >= 0.6 is 0 Å². The highest BCUT2D eigenvalue weighted by molar-refractivity contribution is 4.97. The summed E-state index contributed by atoms with van der Waals surface area (Å²) in [6, 6.07) is 0. The quantitative estimate of drug-likeness (QED) is 0.540. The Morgan fingerprint density at radius 1 is 1.56 bits per heavy atom. The van der Waals surface area contributed by atoms with Crippen molar-refractivity contribution in [2.24, 2.45) is 5.73 Å². The fourth-order valence-corrected chi connectivity index (χ4v) is 0.857. The van der Waals surface area contributed by atoms with E-state index in [2.05, 4.69) is 12.2 Å². The van der Waals surface area contributed by atoms with E-state index < -0.39 is 0 Å². The predicted octanol–water partition coefficient (Wildman–Crippen LogP) is 0.477. The molecule has 2 nitrogen and oxygen atoms in total. The van der Waals surface area contributed by atoms with Gasteiger partial charge in [0.15, 0.2) is 0 Å². The molecule has 1 fully saturated rings. The van der Waals surface area contributed by atoms with Crippen LogP contribution in [0, 0.1) is 0 Å². The first-order valence-electron chi connectivity index (χ1n) is 3.72. The molecule has 1 aliphatic carbocycles. The van der Waals surface area contributed by atoms with E-state index in [9.17, 15) is 0 Å². The maximum Gasteiger partial charge on any atom is 0.0154 e. The molecule has 0 atom stereocenters. The third kappa shape index (κ3) is 2.33. The molecule has 0 bridgehead atoms. The molecule has 1 rings (SSSR count). The average molecular weight is 128 g/mol. The zero-order valence-corrected chi connectivity index (χ0v) is 6.11. The predicted molar refractivity (Wildman–Crippen MR) is 39.3 cm³/mol. The summed E-state index contributed by atoms with van der Waals surface area (Å²) in [6.07, 6.45) is 3.80. The molecule has 0 saturated heterocycles. The zero-order chi connectivity index (χ0) is 6.74. The standard InChI is InChI=1S/C7H16N2/c1-7(3-4-7)9-6-2-5-8/h9H,2-6,8H2,1H3. The van der Waals surface area contributed by atoms with Crippen LogP contribution in [0.2, 0.25) is 0 Å². The molecule has 3 N–H and O–H groups in total. The topological polar surface area (TPSA) is 38.0 Å². The van der Waals surface area contributed by atoms with Gasteiger partial charge in [0.25, 0.3) is 0 Å². The first-order chi connectivity index (χ1) is 4.27. The van der Waals surface area contributed by atoms with Crippen LogP contribution < -0.4 is 11.1 Å². The minimum absolute atomic E-state index is 0.495. The summed E-state index contributed by atoms with van der Waals surface area (Å²) in [5, 5.41) is 3.45. The molecule has 0 heterocycles. The van der Waals surface area contributed by atoms with Gasteiger partial charge in [0.1, 0.15) is 0 Å². The highest BCUT2D eigenvalue weighted by Crippen LogP contribution is 2.33. The number of hydrogen-bond acceptors (Lipinski definition) is 2. The Morgan fingerprint density at radius 3 is 2.67 bits per heavy atom. The Kier molecular flexibility index (Phi) is 2.09. The number of nitrogens with two attached hydrogens (primary N) is 1. The molecule has 2 heteroatoms. The molecular formula is C7H16N2. The average Bonchev–Trinajstić information content (AvgIpc) is 2.50. The molecule has 1 saturated carbocycles. The summed E-state index contributed by atoms with van der Waals surface area (Å²) in [5.41, 5.74) is 5.83. The lowest BCUT2D eigenvalue weighted by atomic mass is 10.3. The third-order valence-corrected chi connectivity index (χ3v) is 1.93. The molecule has 0 aromatic rings. The lowest BCUT2D eigenvalue weighted by molar-refractivity contribution is 0.529. The van der Waals surface area contributed by atoms with E-state index >= 15 is 0 Å². The highest BCUT2D eigenvalue weighted by atomic mass is 15.0. The minimum Gasteiger partial charge on any atom is -0.330 e. The zero-order valence-electron chi connectivity index (χ0n) is 6.11. The maximum atomic E-state index is 5.34. The van der Waals surface area contributed by atoms with E-state index in [0.717, 1.165) is 19.5 Å². The van der Waals surface area contributed by atoms with Crippen LogP contribution in [0.3, 0.4) is 0 Å². The second-order valence-electron chi connectivity index (χ2n) is 3.13. The van der Waals surface area contributed by atoms with E-state index in [1.807, 2.05) is 0 Å². The molecule has 54 valence electrons. The van der Waals surface area contributed by atoms with Crippen molar-refractivity contribution in [3.63, 3.8) is 0 Å². The molecule has 0 spiro atoms. The van der Waals surface area contributed by atoms with Gasteiger partial charge in [-0.25, -0.2) is 0 Å². The van der Waals surface area contributed by atoms with Crippen molar-refractivity contribution >= 4 is 0 Å². The number of rotatable bonds is 4. The largest absolute Gasteiger partial charge is 0.330 e. The van der Waals surface area contributed by atoms with Crippen LogP contribution in [0.5, 0.6) is 0 Å². The summed E-state index contributed by atoms with van der Waals surface area (Å²) in [4.78, 5) is 0. The van der Waals surface area contributed by atoms with Gasteiger partial charge in [-0.05, 0) is 39.3 Å². The SMILES string of the molecule is CC1(NCCCN)CC1. The van der Waals surface area contributed by atoms with Gasteiger partial charge in [-0.3, -0.25) is 0 Å². The van der Waals surface area contributed by atoms with Crippen molar-refractivity contribution in [2.75, 3.05) is 13.1 Å². The maximum absolute atomic E-state index is 5.34. The Hall–Kier alpha value is -0.0800. The molecular weight excluding hydrogens is 112 g/mol. The van der Waals surface area contributed by atoms with Crippen LogP contribution in [-0.4, -0.2) is 18.6 Å². The van der Waals surface area contributed by atoms with E-state index in [1.165, 1.54) is 12.8 Å². The van der Waals surface area contributed by atoms with E-state index in [-0.39, 0.29) is 0 Å². The Morgan fingerprint density at radius 2 is 2.22 bits per heavy atom. The summed E-state index contributed by atoms with van der Waals surface area (Å²) in [5.74, 6) is 0. The van der Waals surface area contributed by atoms with Gasteiger partial charge in [-0.15, -0.1) is 0 Å². The summed E-state index contributed by atoms with van der Waals surface area (Å²) < 4.78 is 0. The van der Waals surface area contributed by atoms with Gasteiger partial charge in [-0.1, -0.05) is 0 Å². The van der Waals surface area contributed by atoms with Crippen molar-refractivity contribution in [3.05, 3.63) is 0 Å². The molecule has 9 heavy (non-hydrogen) atoms. The highest BCUT2D eigenvalue weighted by Gasteiger charge is 2.35. The van der Waals surface area contributed by atoms with Gasteiger partial charge >= 0.3 is 0 Å². The van der Waals surface area contributed by atoms with Crippen LogP contribution in [-0.2, 0) is 0 Å². The lowest BCUT2D eigenvalue weighted by Gasteiger charge is -2.09. The van der Waals surface area contributed by atoms with Crippen LogP contribution in [0.25, 0.3) is 0 Å². The summed E-state index contributed by atoms with van der Waals surface area (Å²) in [7, 11) is 0. The third-order valence-electron chi connectivity index (χ3n) is 1.93. The minimum atomic E-state index is 0.495. The Balaban J connectivity index is 1.92. The molecule has 0 unspecified atom stereocenters. The fourth-order valence-electron chi connectivity index (χ4n) is 0.857. The van der Waals surface area contributed by atoms with Crippen molar-refractivity contribution in [2.45, 2.75) is 31.7 Å². The first-order valence-corrected chi connectivity index (χ1v) is 3.72. The lowest BCUT2D eigenvalue weighted by Crippen LogP contribution is -2.29. The normalized spacial score (nSPS) is 22.0. The van der Waals surface area contributed by atoms with Gasteiger partial charge < -0.3 is 11.1 Å². The van der Waals surface area contributed by atoms with Gasteiger partial charge in [0.2, 0.25) is 0 Å². The summed E-state index contributed by atoms with van der Waals surface area (Å²) in [6.45, 7) is 4.17. The number of hydrogen-bond donors (Lipinski definition) is 2. The Bertz CT molecular complexity index is 86.9. The van der Waals surface area contributed by atoms with Crippen LogP contribution in [0.15, 0.2) is 0 Å². The van der Waals surface area contributed by atoms with Crippen molar-refractivity contribution in [3.8, 4) is 0 Å². The van der Waals surface area contributed by atoms with E-state index in [4.69, 9.17) is 5.73 Å². The van der Waals surface area contributed by atoms with Crippen molar-refractivity contribution in [1.82, 2.24) is 5.32 Å². The van der Waals surface area contributed by atoms with E-state index in [1.54, 1.807) is 0 Å². The second kappa shape index (κ2) is 2.67. The van der Waals surface area contributed by atoms with Gasteiger partial charge in [0, 0.05) is 5.54 Å². The fraction of sp³-hybridized carbons (Fsp3) is 1.00. The van der Waals surface area contributed by atoms with E-state index in [0.29, 0.717) is 5.54 Å². The second-order valence-corrected chi connectivity index (χ2v) is 3.13. The monoisotopic (exact) mass is 128 g/mol.